The minimum absolute atomic E-state index is 0.207. The molecule has 1 aromatic carbocycles. The van der Waals surface area contributed by atoms with Gasteiger partial charge in [0.05, 0.1) is 5.56 Å². The number of carbonyl (C=O) groups is 1. The minimum atomic E-state index is -0.408. The lowest BCUT2D eigenvalue weighted by Gasteiger charge is -2.07. The average molecular weight is 281 g/mol. The number of carbonyl (C=O) groups excluding carboxylic acids is 1. The summed E-state index contributed by atoms with van der Waals surface area (Å²) in [6.45, 7) is 2.13. The van der Waals surface area contributed by atoms with E-state index in [1.165, 1.54) is 6.26 Å². The third-order valence-corrected chi connectivity index (χ3v) is 2.80. The van der Waals surface area contributed by atoms with Crippen molar-refractivity contribution in [3.63, 3.8) is 0 Å². The van der Waals surface area contributed by atoms with Crippen LogP contribution in [0, 0.1) is 6.92 Å². The van der Waals surface area contributed by atoms with Crippen LogP contribution in [0.25, 0.3) is 0 Å². The molecule has 0 bridgehead atoms. The highest BCUT2D eigenvalue weighted by molar-refractivity contribution is 6.30. The summed E-state index contributed by atoms with van der Waals surface area (Å²) in [6.07, 6.45) is 1.33. The molecule has 0 unspecified atom stereocenters. The van der Waals surface area contributed by atoms with Gasteiger partial charge in [-0.15, -0.1) is 0 Å². The molecule has 0 aliphatic heterocycles. The van der Waals surface area contributed by atoms with Crippen molar-refractivity contribution in [3.8, 4) is 5.75 Å². The monoisotopic (exact) mass is 280 g/mol. The lowest BCUT2D eigenvalue weighted by molar-refractivity contribution is 0.0953. The number of nitrogens with two attached hydrogens (primary N) is 1. The first-order chi connectivity index (χ1) is 9.10. The van der Waals surface area contributed by atoms with Gasteiger partial charge in [-0.2, -0.15) is 0 Å². The molecular weight excluding hydrogens is 268 g/mol. The van der Waals surface area contributed by atoms with Crippen LogP contribution in [-0.4, -0.2) is 5.91 Å². The van der Waals surface area contributed by atoms with Crippen molar-refractivity contribution in [1.82, 2.24) is 5.43 Å². The third-order valence-electron chi connectivity index (χ3n) is 2.57. The Morgan fingerprint density at radius 2 is 2.26 bits per heavy atom. The lowest BCUT2D eigenvalue weighted by atomic mass is 10.2. The van der Waals surface area contributed by atoms with Crippen molar-refractivity contribution in [2.24, 2.45) is 5.84 Å². The van der Waals surface area contributed by atoms with Crippen LogP contribution >= 0.6 is 11.6 Å². The summed E-state index contributed by atoms with van der Waals surface area (Å²) in [5.74, 6) is 5.82. The number of hydrogen-bond donors (Lipinski definition) is 2. The molecule has 0 atom stereocenters. The Balaban J connectivity index is 2.04. The molecule has 2 aromatic rings. The number of furan rings is 1. The molecular formula is C13H13ClN2O3. The van der Waals surface area contributed by atoms with Crippen molar-refractivity contribution < 1.29 is 13.9 Å². The van der Waals surface area contributed by atoms with E-state index >= 15 is 0 Å². The number of hydrazine groups is 1. The fraction of sp³-hybridized carbons (Fsp3) is 0.154. The first kappa shape index (κ1) is 13.5. The summed E-state index contributed by atoms with van der Waals surface area (Å²) in [5.41, 5.74) is 3.35. The van der Waals surface area contributed by atoms with Gasteiger partial charge in [0, 0.05) is 5.02 Å². The standard InChI is InChI=1S/C13H13ClN2O3/c1-8-2-3-10(14)5-12(8)19-7-11-4-9(6-18-11)13(17)16-15/h2-6H,7,15H2,1H3,(H,16,17). The first-order valence-corrected chi connectivity index (χ1v) is 5.95. The molecule has 19 heavy (non-hydrogen) atoms. The first-order valence-electron chi connectivity index (χ1n) is 5.57. The fourth-order valence-corrected chi connectivity index (χ4v) is 1.70. The van der Waals surface area contributed by atoms with E-state index in [0.717, 1.165) is 5.56 Å². The Kier molecular flexibility index (Phi) is 4.09. The van der Waals surface area contributed by atoms with Crippen LogP contribution in [0.3, 0.4) is 0 Å². The van der Waals surface area contributed by atoms with Crippen molar-refractivity contribution in [2.45, 2.75) is 13.5 Å². The average Bonchev–Trinajstić information content (AvgIpc) is 2.88. The molecule has 1 aromatic heterocycles. The molecule has 100 valence electrons. The Morgan fingerprint density at radius 1 is 1.47 bits per heavy atom. The maximum Gasteiger partial charge on any atom is 0.268 e. The van der Waals surface area contributed by atoms with Crippen LogP contribution < -0.4 is 16.0 Å². The Morgan fingerprint density at radius 3 is 3.00 bits per heavy atom. The number of ether oxygens (including phenoxy) is 1. The van der Waals surface area contributed by atoms with Gasteiger partial charge in [-0.1, -0.05) is 17.7 Å². The summed E-state index contributed by atoms with van der Waals surface area (Å²) in [6, 6.07) is 6.96. The van der Waals surface area contributed by atoms with Gasteiger partial charge >= 0.3 is 0 Å². The van der Waals surface area contributed by atoms with Crippen molar-refractivity contribution in [2.75, 3.05) is 0 Å². The highest BCUT2D eigenvalue weighted by Crippen LogP contribution is 2.23. The molecule has 0 aliphatic rings. The van der Waals surface area contributed by atoms with Crippen LogP contribution in [-0.2, 0) is 6.61 Å². The Hall–Kier alpha value is -1.98. The van der Waals surface area contributed by atoms with Gasteiger partial charge in [-0.25, -0.2) is 5.84 Å². The molecule has 3 N–H and O–H groups in total. The number of nitrogen functional groups attached to an aromatic ring is 1. The normalized spacial score (nSPS) is 10.3. The van der Waals surface area contributed by atoms with E-state index in [1.807, 2.05) is 18.4 Å². The van der Waals surface area contributed by atoms with Crippen LogP contribution in [0.1, 0.15) is 21.7 Å². The molecule has 1 heterocycles. The highest BCUT2D eigenvalue weighted by Gasteiger charge is 2.09. The van der Waals surface area contributed by atoms with Crippen molar-refractivity contribution >= 4 is 17.5 Å². The number of rotatable bonds is 4. The van der Waals surface area contributed by atoms with Gasteiger partial charge in [0.25, 0.3) is 5.91 Å². The minimum Gasteiger partial charge on any atom is -0.485 e. The molecule has 2 rings (SSSR count). The fourth-order valence-electron chi connectivity index (χ4n) is 1.54. The van der Waals surface area contributed by atoms with E-state index in [1.54, 1.807) is 18.2 Å². The van der Waals surface area contributed by atoms with Crippen LogP contribution in [0.2, 0.25) is 5.02 Å². The summed E-state index contributed by atoms with van der Waals surface area (Å²) in [4.78, 5) is 11.2. The zero-order chi connectivity index (χ0) is 13.8. The highest BCUT2D eigenvalue weighted by atomic mass is 35.5. The van der Waals surface area contributed by atoms with Crippen molar-refractivity contribution in [1.29, 1.82) is 0 Å². The van der Waals surface area contributed by atoms with Gasteiger partial charge in [0.2, 0.25) is 0 Å². The summed E-state index contributed by atoms with van der Waals surface area (Å²) in [7, 11) is 0. The molecule has 0 aliphatic carbocycles. The number of nitrogens with one attached hydrogen (secondary N) is 1. The Bertz CT molecular complexity index is 595. The maximum absolute atomic E-state index is 11.2. The SMILES string of the molecule is Cc1ccc(Cl)cc1OCc1cc(C(=O)NN)co1. The molecule has 6 heteroatoms. The predicted octanol–water partition coefficient (Wildman–Crippen LogP) is 2.42. The van der Waals surface area contributed by atoms with E-state index in [4.69, 9.17) is 26.6 Å². The second kappa shape index (κ2) is 5.77. The number of halogens is 1. The Labute approximate surface area is 115 Å². The van der Waals surface area contributed by atoms with Crippen LogP contribution in [0.4, 0.5) is 0 Å². The maximum atomic E-state index is 11.2. The topological polar surface area (TPSA) is 77.5 Å². The zero-order valence-electron chi connectivity index (χ0n) is 10.3. The molecule has 0 saturated carbocycles. The van der Waals surface area contributed by atoms with E-state index in [-0.39, 0.29) is 6.61 Å². The van der Waals surface area contributed by atoms with Gasteiger partial charge in [-0.05, 0) is 30.7 Å². The second-order valence-electron chi connectivity index (χ2n) is 3.97. The quantitative estimate of drug-likeness (QED) is 0.512. The number of aryl methyl sites for hydroxylation is 1. The summed E-state index contributed by atoms with van der Waals surface area (Å²) in [5, 5.41) is 0.600. The second-order valence-corrected chi connectivity index (χ2v) is 4.41. The zero-order valence-corrected chi connectivity index (χ0v) is 11.0. The molecule has 5 nitrogen and oxygen atoms in total. The molecule has 0 saturated heterocycles. The molecule has 0 spiro atoms. The smallest absolute Gasteiger partial charge is 0.268 e. The molecule has 0 radical (unpaired) electrons. The van der Waals surface area contributed by atoms with Gasteiger partial charge in [0.1, 0.15) is 24.4 Å². The van der Waals surface area contributed by atoms with Crippen LogP contribution in [0.5, 0.6) is 5.75 Å². The van der Waals surface area contributed by atoms with Crippen LogP contribution in [0.15, 0.2) is 34.9 Å². The van der Waals surface area contributed by atoms with Gasteiger partial charge < -0.3 is 9.15 Å². The number of amides is 1. The molecule has 0 fully saturated rings. The van der Waals surface area contributed by atoms with E-state index in [9.17, 15) is 4.79 Å². The van der Waals surface area contributed by atoms with Gasteiger partial charge in [0.15, 0.2) is 0 Å². The lowest BCUT2D eigenvalue weighted by Crippen LogP contribution is -2.29. The van der Waals surface area contributed by atoms with E-state index in [0.29, 0.717) is 22.1 Å². The van der Waals surface area contributed by atoms with E-state index in [2.05, 4.69) is 0 Å². The third kappa shape index (κ3) is 3.27. The van der Waals surface area contributed by atoms with Crippen molar-refractivity contribution in [3.05, 3.63) is 52.4 Å². The summed E-state index contributed by atoms with van der Waals surface area (Å²) < 4.78 is 10.8. The van der Waals surface area contributed by atoms with E-state index < -0.39 is 5.91 Å². The largest absolute Gasteiger partial charge is 0.485 e. The number of benzene rings is 1. The number of hydrogen-bond acceptors (Lipinski definition) is 4. The van der Waals surface area contributed by atoms with Gasteiger partial charge in [-0.3, -0.25) is 10.2 Å². The summed E-state index contributed by atoms with van der Waals surface area (Å²) >= 11 is 5.89. The molecule has 1 amide bonds. The predicted molar refractivity (Wildman–Crippen MR) is 70.9 cm³/mol.